The minimum Gasteiger partial charge on any atom is -0.462 e. The highest BCUT2D eigenvalue weighted by Crippen LogP contribution is 2.14. The van der Waals surface area contributed by atoms with Crippen molar-refractivity contribution in [3.8, 4) is 0 Å². The summed E-state index contributed by atoms with van der Waals surface area (Å²) in [6.07, 6.45) is 54.9. The van der Waals surface area contributed by atoms with Gasteiger partial charge in [0.1, 0.15) is 13.2 Å². The van der Waals surface area contributed by atoms with Crippen LogP contribution in [0.3, 0.4) is 0 Å². The lowest BCUT2D eigenvalue weighted by molar-refractivity contribution is -0.167. The lowest BCUT2D eigenvalue weighted by Gasteiger charge is -2.18. The third kappa shape index (κ3) is 44.1. The van der Waals surface area contributed by atoms with Gasteiger partial charge in [0.05, 0.1) is 0 Å². The maximum Gasteiger partial charge on any atom is 0.306 e. The summed E-state index contributed by atoms with van der Waals surface area (Å²) in [6, 6.07) is 0. The number of ether oxygens (including phenoxy) is 3. The molecule has 0 N–H and O–H groups in total. The molecular weight excluding hydrogens is 709 g/mol. The second-order valence-electron chi connectivity index (χ2n) is 15.7. The van der Waals surface area contributed by atoms with Gasteiger partial charge in [0.25, 0.3) is 0 Å². The Morgan fingerprint density at radius 3 is 1.16 bits per heavy atom. The highest BCUT2D eigenvalue weighted by atomic mass is 16.6. The highest BCUT2D eigenvalue weighted by molar-refractivity contribution is 5.71. The van der Waals surface area contributed by atoms with Crippen LogP contribution in [0.15, 0.2) is 60.8 Å². The van der Waals surface area contributed by atoms with Gasteiger partial charge in [-0.15, -0.1) is 0 Å². The molecule has 0 heterocycles. The average molecular weight is 797 g/mol. The first-order chi connectivity index (χ1) is 28.0. The Morgan fingerprint density at radius 1 is 0.351 bits per heavy atom. The van der Waals surface area contributed by atoms with E-state index in [-0.39, 0.29) is 37.5 Å². The Morgan fingerprint density at radius 2 is 0.667 bits per heavy atom. The molecule has 0 aromatic rings. The van der Waals surface area contributed by atoms with Crippen LogP contribution >= 0.6 is 0 Å². The predicted molar refractivity (Wildman–Crippen MR) is 242 cm³/mol. The fourth-order valence-electron chi connectivity index (χ4n) is 6.36. The molecule has 6 nitrogen and oxygen atoms in total. The Bertz CT molecular complexity index is 1050. The molecule has 0 saturated carbocycles. The smallest absolute Gasteiger partial charge is 0.306 e. The van der Waals surface area contributed by atoms with Gasteiger partial charge in [-0.3, -0.25) is 14.4 Å². The molecule has 0 radical (unpaired) electrons. The minimum atomic E-state index is -0.796. The summed E-state index contributed by atoms with van der Waals surface area (Å²) in [5, 5.41) is 0. The van der Waals surface area contributed by atoms with Crippen molar-refractivity contribution in [3.05, 3.63) is 60.8 Å². The normalized spacial score (nSPS) is 12.5. The Labute approximate surface area is 351 Å². The van der Waals surface area contributed by atoms with Gasteiger partial charge in [0.15, 0.2) is 6.10 Å². The quantitative estimate of drug-likeness (QED) is 0.0265. The number of hydrogen-bond acceptors (Lipinski definition) is 6. The molecule has 328 valence electrons. The van der Waals surface area contributed by atoms with E-state index in [4.69, 9.17) is 14.2 Å². The van der Waals surface area contributed by atoms with E-state index >= 15 is 0 Å². The molecule has 0 spiro atoms. The van der Waals surface area contributed by atoms with E-state index in [0.717, 1.165) is 77.0 Å². The van der Waals surface area contributed by atoms with Crippen LogP contribution in [0.5, 0.6) is 0 Å². The lowest BCUT2D eigenvalue weighted by Crippen LogP contribution is -2.30. The summed E-state index contributed by atoms with van der Waals surface area (Å²) < 4.78 is 16.7. The first-order valence-electron chi connectivity index (χ1n) is 23.8. The maximum absolute atomic E-state index is 12.7. The van der Waals surface area contributed by atoms with Crippen LogP contribution in [0.1, 0.15) is 226 Å². The highest BCUT2D eigenvalue weighted by Gasteiger charge is 2.19. The molecule has 0 amide bonds. The molecule has 57 heavy (non-hydrogen) atoms. The van der Waals surface area contributed by atoms with Gasteiger partial charge in [-0.25, -0.2) is 0 Å². The summed E-state index contributed by atoms with van der Waals surface area (Å²) in [4.78, 5) is 37.7. The molecule has 0 saturated heterocycles. The zero-order valence-electron chi connectivity index (χ0n) is 37.3. The SMILES string of the molecule is CCCC/C=C\CCCCCCCC(=O)OC(COC(=O)CCC/C=C\C/C=C\C/C=C\C/C=C\CCCCC)COC(=O)CCCCCCCCCCCCC. The third-order valence-electron chi connectivity index (χ3n) is 9.99. The number of carbonyl (C=O) groups excluding carboxylic acids is 3. The van der Waals surface area contributed by atoms with Crippen LogP contribution in [0.2, 0.25) is 0 Å². The Hall–Kier alpha value is -2.89. The summed E-state index contributed by atoms with van der Waals surface area (Å²) in [7, 11) is 0. The molecule has 0 aromatic carbocycles. The van der Waals surface area contributed by atoms with Crippen LogP contribution in [-0.4, -0.2) is 37.2 Å². The first-order valence-corrected chi connectivity index (χ1v) is 23.8. The molecule has 0 aliphatic carbocycles. The number of hydrogen-bond donors (Lipinski definition) is 0. The fourth-order valence-corrected chi connectivity index (χ4v) is 6.36. The average Bonchev–Trinajstić information content (AvgIpc) is 3.21. The second kappa shape index (κ2) is 45.8. The topological polar surface area (TPSA) is 78.9 Å². The number of esters is 3. The van der Waals surface area contributed by atoms with E-state index in [0.29, 0.717) is 19.3 Å². The Kier molecular flexibility index (Phi) is 43.5. The molecule has 0 aliphatic heterocycles. The first kappa shape index (κ1) is 54.1. The van der Waals surface area contributed by atoms with Crippen LogP contribution in [-0.2, 0) is 28.6 Å². The zero-order valence-corrected chi connectivity index (χ0v) is 37.3. The van der Waals surface area contributed by atoms with Gasteiger partial charge in [-0.2, -0.15) is 0 Å². The van der Waals surface area contributed by atoms with E-state index < -0.39 is 6.10 Å². The zero-order chi connectivity index (χ0) is 41.5. The minimum absolute atomic E-state index is 0.0934. The molecule has 0 fully saturated rings. The van der Waals surface area contributed by atoms with Gasteiger partial charge in [-0.1, -0.05) is 191 Å². The van der Waals surface area contributed by atoms with E-state index in [9.17, 15) is 14.4 Å². The van der Waals surface area contributed by atoms with Crippen LogP contribution in [0.4, 0.5) is 0 Å². The predicted octanol–water partition coefficient (Wildman–Crippen LogP) is 15.3. The monoisotopic (exact) mass is 797 g/mol. The van der Waals surface area contributed by atoms with Gasteiger partial charge in [0.2, 0.25) is 0 Å². The van der Waals surface area contributed by atoms with Crippen molar-refractivity contribution in [1.82, 2.24) is 0 Å². The van der Waals surface area contributed by atoms with E-state index in [1.165, 1.54) is 103 Å². The number of carbonyl (C=O) groups is 3. The molecule has 1 atom stereocenters. The van der Waals surface area contributed by atoms with Crippen molar-refractivity contribution in [2.45, 2.75) is 232 Å². The van der Waals surface area contributed by atoms with Crippen LogP contribution in [0.25, 0.3) is 0 Å². The van der Waals surface area contributed by atoms with E-state index in [1.807, 2.05) is 0 Å². The standard InChI is InChI=1S/C51H88O6/c1-4-7-10-13-16-19-22-23-24-25-26-27-30-32-35-38-41-44-50(53)56-47-48(57-51(54)45-42-39-36-33-29-21-18-15-12-9-6-3)46-55-49(52)43-40-37-34-31-28-20-17-14-11-8-5-2/h15-16,18-19,23-24,26-27,32,35,48H,4-14,17,20-22,25,28-31,33-34,36-47H2,1-3H3/b18-15-,19-16-,24-23-,27-26-,35-32-. The van der Waals surface area contributed by atoms with E-state index in [2.05, 4.69) is 81.5 Å². The molecule has 6 heteroatoms. The molecule has 0 aliphatic rings. The van der Waals surface area contributed by atoms with Gasteiger partial charge in [-0.05, 0) is 77.0 Å². The van der Waals surface area contributed by atoms with E-state index in [1.54, 1.807) is 0 Å². The second-order valence-corrected chi connectivity index (χ2v) is 15.7. The van der Waals surface area contributed by atoms with Crippen molar-refractivity contribution in [3.63, 3.8) is 0 Å². The van der Waals surface area contributed by atoms with Crippen molar-refractivity contribution < 1.29 is 28.6 Å². The molecule has 0 aromatic heterocycles. The van der Waals surface area contributed by atoms with Gasteiger partial charge in [0, 0.05) is 19.3 Å². The number of allylic oxidation sites excluding steroid dienone is 10. The lowest BCUT2D eigenvalue weighted by atomic mass is 10.1. The fraction of sp³-hybridized carbons (Fsp3) is 0.745. The van der Waals surface area contributed by atoms with Crippen molar-refractivity contribution in [2.75, 3.05) is 13.2 Å². The maximum atomic E-state index is 12.7. The number of rotatable bonds is 42. The van der Waals surface area contributed by atoms with Crippen molar-refractivity contribution in [1.29, 1.82) is 0 Å². The molecule has 1 unspecified atom stereocenters. The summed E-state index contributed by atoms with van der Waals surface area (Å²) >= 11 is 0. The summed E-state index contributed by atoms with van der Waals surface area (Å²) in [5.74, 6) is -0.964. The van der Waals surface area contributed by atoms with Gasteiger partial charge < -0.3 is 14.2 Å². The molecule has 0 bridgehead atoms. The molecular formula is C51H88O6. The molecule has 0 rings (SSSR count). The van der Waals surface area contributed by atoms with Crippen molar-refractivity contribution >= 4 is 17.9 Å². The van der Waals surface area contributed by atoms with Crippen molar-refractivity contribution in [2.24, 2.45) is 0 Å². The van der Waals surface area contributed by atoms with Crippen LogP contribution < -0.4 is 0 Å². The third-order valence-corrected chi connectivity index (χ3v) is 9.99. The van der Waals surface area contributed by atoms with Crippen LogP contribution in [0, 0.1) is 0 Å². The summed E-state index contributed by atoms with van der Waals surface area (Å²) in [5.41, 5.74) is 0. The Balaban J connectivity index is 4.45. The summed E-state index contributed by atoms with van der Waals surface area (Å²) in [6.45, 7) is 6.50. The number of unbranched alkanes of at least 4 members (excludes halogenated alkanes) is 21. The van der Waals surface area contributed by atoms with Gasteiger partial charge >= 0.3 is 17.9 Å². The largest absolute Gasteiger partial charge is 0.462 e.